The van der Waals surface area contributed by atoms with E-state index in [9.17, 15) is 4.79 Å². The van der Waals surface area contributed by atoms with Crippen LogP contribution < -0.4 is 5.73 Å². The average molecular weight is 237 g/mol. The largest absolute Gasteiger partial charge is 0.382 e. The molecule has 82 valence electrons. The van der Waals surface area contributed by atoms with Gasteiger partial charge in [-0.2, -0.15) is 4.68 Å². The van der Waals surface area contributed by atoms with Gasteiger partial charge in [0.25, 0.3) is 5.24 Å². The molecule has 2 rings (SSSR count). The van der Waals surface area contributed by atoms with E-state index in [0.717, 1.165) is 11.3 Å². The second-order valence-corrected chi connectivity index (χ2v) is 3.69. The fraction of sp³-hybridized carbons (Fsp3) is 0.100. The quantitative estimate of drug-likeness (QED) is 0.803. The summed E-state index contributed by atoms with van der Waals surface area (Å²) < 4.78 is 1.37. The molecule has 1 aromatic heterocycles. The van der Waals surface area contributed by atoms with Crippen LogP contribution in [0.25, 0.3) is 5.69 Å². The number of anilines is 1. The van der Waals surface area contributed by atoms with Gasteiger partial charge in [-0.1, -0.05) is 22.9 Å². The first-order valence-corrected chi connectivity index (χ1v) is 4.95. The third kappa shape index (κ3) is 1.77. The minimum atomic E-state index is -0.712. The Morgan fingerprint density at radius 3 is 2.50 bits per heavy atom. The highest BCUT2D eigenvalue weighted by molar-refractivity contribution is 6.67. The molecule has 0 saturated carbocycles. The predicted octanol–water partition coefficient (Wildman–Crippen LogP) is 1.54. The Morgan fingerprint density at radius 1 is 1.38 bits per heavy atom. The van der Waals surface area contributed by atoms with Gasteiger partial charge in [0.15, 0.2) is 11.5 Å². The summed E-state index contributed by atoms with van der Waals surface area (Å²) in [4.78, 5) is 10.9. The van der Waals surface area contributed by atoms with Crippen LogP contribution in [0.15, 0.2) is 24.3 Å². The smallest absolute Gasteiger partial charge is 0.276 e. The van der Waals surface area contributed by atoms with Crippen LogP contribution in [-0.4, -0.2) is 20.2 Å². The number of carbonyl (C=O) groups excluding carboxylic acids is 1. The molecule has 0 radical (unpaired) electrons. The van der Waals surface area contributed by atoms with Crippen LogP contribution in [0.4, 0.5) is 5.82 Å². The Balaban J connectivity index is 2.49. The Bertz CT molecular complexity index is 532. The molecular weight excluding hydrogens is 228 g/mol. The van der Waals surface area contributed by atoms with E-state index in [1.807, 2.05) is 31.2 Å². The summed E-state index contributed by atoms with van der Waals surface area (Å²) in [7, 11) is 0. The summed E-state index contributed by atoms with van der Waals surface area (Å²) in [5.41, 5.74) is 7.54. The summed E-state index contributed by atoms with van der Waals surface area (Å²) in [6, 6.07) is 7.50. The van der Waals surface area contributed by atoms with E-state index >= 15 is 0 Å². The Morgan fingerprint density at radius 2 is 2.00 bits per heavy atom. The highest BCUT2D eigenvalue weighted by Crippen LogP contribution is 2.16. The van der Waals surface area contributed by atoms with Gasteiger partial charge < -0.3 is 5.73 Å². The summed E-state index contributed by atoms with van der Waals surface area (Å²) in [5, 5.41) is 6.68. The van der Waals surface area contributed by atoms with Crippen molar-refractivity contribution in [2.45, 2.75) is 6.92 Å². The predicted molar refractivity (Wildman–Crippen MR) is 60.7 cm³/mol. The number of nitrogen functional groups attached to an aromatic ring is 1. The van der Waals surface area contributed by atoms with Crippen LogP contribution in [0, 0.1) is 6.92 Å². The molecular formula is C10H9ClN4O. The minimum absolute atomic E-state index is 0.0257. The molecule has 0 aliphatic carbocycles. The first-order valence-electron chi connectivity index (χ1n) is 4.57. The number of rotatable bonds is 2. The lowest BCUT2D eigenvalue weighted by molar-refractivity contribution is 0.107. The van der Waals surface area contributed by atoms with Gasteiger partial charge in [0.05, 0.1) is 5.69 Å². The molecule has 6 heteroatoms. The van der Waals surface area contributed by atoms with Crippen LogP contribution in [0.5, 0.6) is 0 Å². The molecule has 0 amide bonds. The van der Waals surface area contributed by atoms with Crippen molar-refractivity contribution in [1.82, 2.24) is 15.0 Å². The number of carbonyl (C=O) groups is 1. The van der Waals surface area contributed by atoms with Crippen molar-refractivity contribution >= 4 is 22.7 Å². The van der Waals surface area contributed by atoms with Gasteiger partial charge in [-0.15, -0.1) is 5.10 Å². The van der Waals surface area contributed by atoms with Crippen molar-refractivity contribution < 1.29 is 4.79 Å². The zero-order valence-corrected chi connectivity index (χ0v) is 9.27. The maximum atomic E-state index is 10.9. The van der Waals surface area contributed by atoms with Crippen LogP contribution in [0.2, 0.25) is 0 Å². The summed E-state index contributed by atoms with van der Waals surface area (Å²) in [5.74, 6) is 0.142. The first kappa shape index (κ1) is 10.6. The molecule has 0 bridgehead atoms. The van der Waals surface area contributed by atoms with Crippen molar-refractivity contribution in [3.63, 3.8) is 0 Å². The van der Waals surface area contributed by atoms with Crippen molar-refractivity contribution in [3.05, 3.63) is 35.5 Å². The van der Waals surface area contributed by atoms with Gasteiger partial charge in [0.1, 0.15) is 0 Å². The maximum absolute atomic E-state index is 10.9. The Hall–Kier alpha value is -1.88. The van der Waals surface area contributed by atoms with Crippen LogP contribution >= 0.6 is 11.6 Å². The van der Waals surface area contributed by atoms with E-state index in [2.05, 4.69) is 10.3 Å². The monoisotopic (exact) mass is 236 g/mol. The zero-order valence-electron chi connectivity index (χ0n) is 8.51. The third-order valence-electron chi connectivity index (χ3n) is 2.17. The van der Waals surface area contributed by atoms with Crippen molar-refractivity contribution in [2.75, 3.05) is 5.73 Å². The maximum Gasteiger partial charge on any atom is 0.276 e. The van der Waals surface area contributed by atoms with E-state index < -0.39 is 5.24 Å². The van der Waals surface area contributed by atoms with Crippen molar-refractivity contribution in [3.8, 4) is 5.69 Å². The summed E-state index contributed by atoms with van der Waals surface area (Å²) >= 11 is 5.30. The molecule has 0 aliphatic heterocycles. The normalized spacial score (nSPS) is 10.4. The Kier molecular flexibility index (Phi) is 2.62. The zero-order chi connectivity index (χ0) is 11.7. The van der Waals surface area contributed by atoms with Gasteiger partial charge in [0.2, 0.25) is 0 Å². The number of aryl methyl sites for hydroxylation is 1. The van der Waals surface area contributed by atoms with Gasteiger partial charge >= 0.3 is 0 Å². The molecule has 2 N–H and O–H groups in total. The van der Waals surface area contributed by atoms with E-state index in [1.165, 1.54) is 4.68 Å². The molecule has 0 atom stereocenters. The topological polar surface area (TPSA) is 73.8 Å². The molecule has 1 aromatic carbocycles. The molecule has 0 aliphatic rings. The van der Waals surface area contributed by atoms with Crippen molar-refractivity contribution in [2.24, 2.45) is 0 Å². The fourth-order valence-corrected chi connectivity index (χ4v) is 1.44. The second-order valence-electron chi connectivity index (χ2n) is 3.34. The first-order chi connectivity index (χ1) is 7.59. The summed E-state index contributed by atoms with van der Waals surface area (Å²) in [6.07, 6.45) is 0. The summed E-state index contributed by atoms with van der Waals surface area (Å²) in [6.45, 7) is 1.97. The number of aromatic nitrogens is 3. The van der Waals surface area contributed by atoms with Gasteiger partial charge in [0, 0.05) is 0 Å². The molecule has 0 unspecified atom stereocenters. The molecule has 16 heavy (non-hydrogen) atoms. The number of hydrogen-bond donors (Lipinski definition) is 1. The molecule has 2 aromatic rings. The number of nitrogens with two attached hydrogens (primary N) is 1. The highest BCUT2D eigenvalue weighted by atomic mass is 35.5. The number of halogens is 1. The number of hydrogen-bond acceptors (Lipinski definition) is 4. The molecule has 0 fully saturated rings. The second kappa shape index (κ2) is 3.94. The lowest BCUT2D eigenvalue weighted by atomic mass is 10.2. The van der Waals surface area contributed by atoms with Crippen LogP contribution in [0.3, 0.4) is 0 Å². The van der Waals surface area contributed by atoms with E-state index in [0.29, 0.717) is 0 Å². The highest BCUT2D eigenvalue weighted by Gasteiger charge is 2.15. The third-order valence-corrected chi connectivity index (χ3v) is 2.35. The van der Waals surface area contributed by atoms with Gasteiger partial charge in [-0.05, 0) is 30.7 Å². The number of benzene rings is 1. The average Bonchev–Trinajstić information content (AvgIpc) is 2.61. The van der Waals surface area contributed by atoms with E-state index in [-0.39, 0.29) is 11.5 Å². The van der Waals surface area contributed by atoms with Crippen LogP contribution in [0.1, 0.15) is 16.1 Å². The lowest BCUT2D eigenvalue weighted by Gasteiger charge is -2.02. The van der Waals surface area contributed by atoms with E-state index in [1.54, 1.807) is 0 Å². The fourth-order valence-electron chi connectivity index (χ4n) is 1.31. The molecule has 0 spiro atoms. The Labute approximate surface area is 96.8 Å². The molecule has 5 nitrogen and oxygen atoms in total. The molecule has 0 saturated heterocycles. The SMILES string of the molecule is Cc1ccc(-n2nnc(C(=O)Cl)c2N)cc1. The van der Waals surface area contributed by atoms with E-state index in [4.69, 9.17) is 17.3 Å². The van der Waals surface area contributed by atoms with Gasteiger partial charge in [-0.3, -0.25) is 4.79 Å². The molecule has 1 heterocycles. The number of nitrogens with zero attached hydrogens (tertiary/aromatic N) is 3. The van der Waals surface area contributed by atoms with Crippen LogP contribution in [-0.2, 0) is 0 Å². The van der Waals surface area contributed by atoms with Crippen molar-refractivity contribution in [1.29, 1.82) is 0 Å². The standard InChI is InChI=1S/C10H9ClN4O/c1-6-2-4-7(5-3-6)15-10(12)8(9(11)16)13-14-15/h2-5H,12H2,1H3. The minimum Gasteiger partial charge on any atom is -0.382 e. The van der Waals surface area contributed by atoms with Gasteiger partial charge in [-0.25, -0.2) is 0 Å². The lowest BCUT2D eigenvalue weighted by Crippen LogP contribution is -2.03.